The van der Waals surface area contributed by atoms with E-state index < -0.39 is 5.97 Å². The number of aromatic nitrogens is 1. The van der Waals surface area contributed by atoms with E-state index in [1.807, 2.05) is 24.3 Å². The topological polar surface area (TPSA) is 88.5 Å². The molecule has 2 atom stereocenters. The lowest BCUT2D eigenvalue weighted by molar-refractivity contribution is -0.123. The monoisotopic (exact) mass is 376 g/mol. The summed E-state index contributed by atoms with van der Waals surface area (Å²) in [7, 11) is 0. The van der Waals surface area contributed by atoms with E-state index >= 15 is 0 Å². The van der Waals surface area contributed by atoms with Gasteiger partial charge in [-0.2, -0.15) is 0 Å². The van der Waals surface area contributed by atoms with E-state index in [9.17, 15) is 9.59 Å². The number of hydrogen-bond acceptors (Lipinski definition) is 5. The van der Waals surface area contributed by atoms with Crippen molar-refractivity contribution in [3.8, 4) is 5.75 Å². The van der Waals surface area contributed by atoms with Gasteiger partial charge in [0.15, 0.2) is 6.61 Å². The second-order valence-corrected chi connectivity index (χ2v) is 7.23. The number of nitrogens with one attached hydrogen (secondary N) is 1. The molecule has 0 fully saturated rings. The number of carboxylic acid groups (broad SMARTS) is 1. The molecule has 2 N–H and O–H groups in total. The molecule has 7 heteroatoms. The molecule has 2 aromatic rings. The summed E-state index contributed by atoms with van der Waals surface area (Å²) in [5.41, 5.74) is 1.54. The number of thiazole rings is 1. The highest BCUT2D eigenvalue weighted by Crippen LogP contribution is 2.28. The molecule has 0 aliphatic carbocycles. The Morgan fingerprint density at radius 3 is 2.62 bits per heavy atom. The van der Waals surface area contributed by atoms with Crippen LogP contribution in [-0.4, -0.2) is 28.6 Å². The van der Waals surface area contributed by atoms with Crippen molar-refractivity contribution in [3.05, 3.63) is 45.4 Å². The lowest BCUT2D eigenvalue weighted by Gasteiger charge is -2.16. The molecule has 26 heavy (non-hydrogen) atoms. The quantitative estimate of drug-likeness (QED) is 0.729. The number of amides is 1. The van der Waals surface area contributed by atoms with Gasteiger partial charge < -0.3 is 15.2 Å². The fourth-order valence-electron chi connectivity index (χ4n) is 2.53. The van der Waals surface area contributed by atoms with E-state index in [4.69, 9.17) is 9.84 Å². The van der Waals surface area contributed by atoms with E-state index in [1.165, 1.54) is 0 Å². The van der Waals surface area contributed by atoms with E-state index in [1.54, 1.807) is 13.8 Å². The molecule has 0 spiro atoms. The molecule has 1 amide bonds. The maximum atomic E-state index is 12.2. The summed E-state index contributed by atoms with van der Waals surface area (Å²) in [5, 5.41) is 12.5. The average Bonchev–Trinajstić information content (AvgIpc) is 3.01. The highest BCUT2D eigenvalue weighted by atomic mass is 32.1. The van der Waals surface area contributed by atoms with Gasteiger partial charge in [-0.05, 0) is 37.8 Å². The molecule has 140 valence electrons. The predicted octanol–water partition coefficient (Wildman–Crippen LogP) is 3.92. The number of aryl methyl sites for hydroxylation is 1. The molecule has 0 aliphatic heterocycles. The maximum absolute atomic E-state index is 12.2. The van der Waals surface area contributed by atoms with Crippen LogP contribution in [0.1, 0.15) is 65.1 Å². The van der Waals surface area contributed by atoms with Gasteiger partial charge >= 0.3 is 5.97 Å². The first-order valence-corrected chi connectivity index (χ1v) is 9.36. The number of carbonyl (C=O) groups excluding carboxylic acids is 1. The summed E-state index contributed by atoms with van der Waals surface area (Å²) >= 11 is 1.08. The van der Waals surface area contributed by atoms with Crippen LogP contribution in [0.15, 0.2) is 24.3 Å². The zero-order valence-electron chi connectivity index (χ0n) is 15.4. The Labute approximate surface area is 157 Å². The number of benzene rings is 1. The van der Waals surface area contributed by atoms with Crippen LogP contribution in [0, 0.1) is 6.92 Å². The number of aromatic carboxylic acids is 1. The minimum atomic E-state index is -1.00. The Bertz CT molecular complexity index is 788. The van der Waals surface area contributed by atoms with Gasteiger partial charge in [0, 0.05) is 0 Å². The minimum absolute atomic E-state index is 0.103. The van der Waals surface area contributed by atoms with Crippen LogP contribution in [0.25, 0.3) is 0 Å². The lowest BCUT2D eigenvalue weighted by Crippen LogP contribution is -2.31. The second kappa shape index (κ2) is 8.80. The van der Waals surface area contributed by atoms with Crippen LogP contribution in [0.4, 0.5) is 0 Å². The van der Waals surface area contributed by atoms with E-state index in [0.29, 0.717) is 22.4 Å². The molecule has 1 aromatic heterocycles. The highest BCUT2D eigenvalue weighted by molar-refractivity contribution is 7.13. The molecule has 6 nitrogen and oxygen atoms in total. The van der Waals surface area contributed by atoms with Crippen molar-refractivity contribution in [2.45, 2.75) is 46.1 Å². The van der Waals surface area contributed by atoms with Gasteiger partial charge in [0.2, 0.25) is 0 Å². The first-order valence-electron chi connectivity index (χ1n) is 8.55. The van der Waals surface area contributed by atoms with Crippen LogP contribution < -0.4 is 10.1 Å². The molecule has 0 bridgehead atoms. The fraction of sp³-hybridized carbons (Fsp3) is 0.421. The normalized spacial score (nSPS) is 13.1. The Hall–Kier alpha value is -2.41. The van der Waals surface area contributed by atoms with Gasteiger partial charge in [0.1, 0.15) is 15.6 Å². The van der Waals surface area contributed by atoms with Crippen LogP contribution in [-0.2, 0) is 4.79 Å². The first-order chi connectivity index (χ1) is 12.3. The maximum Gasteiger partial charge on any atom is 0.347 e. The molecule has 0 radical (unpaired) electrons. The number of hydrogen-bond donors (Lipinski definition) is 2. The van der Waals surface area contributed by atoms with Gasteiger partial charge in [0.25, 0.3) is 5.91 Å². The molecule has 0 saturated heterocycles. The Balaban J connectivity index is 1.97. The van der Waals surface area contributed by atoms with Gasteiger partial charge in [0.05, 0.1) is 11.7 Å². The van der Waals surface area contributed by atoms with Gasteiger partial charge in [-0.25, -0.2) is 9.78 Å². The highest BCUT2D eigenvalue weighted by Gasteiger charge is 2.19. The van der Waals surface area contributed by atoms with Gasteiger partial charge in [-0.3, -0.25) is 4.79 Å². The Morgan fingerprint density at radius 1 is 1.31 bits per heavy atom. The molecule has 2 rings (SSSR count). The van der Waals surface area contributed by atoms with Gasteiger partial charge in [-0.15, -0.1) is 11.3 Å². The van der Waals surface area contributed by atoms with Crippen LogP contribution in [0.3, 0.4) is 0 Å². The SMILES string of the molecule is CCC(C)c1ccccc1OCC(=O)NC(C)c1nc(C)c(C(=O)O)s1. The molecule has 1 aromatic carbocycles. The summed E-state index contributed by atoms with van der Waals surface area (Å²) in [6.45, 7) is 7.54. The molecular formula is C19H24N2O4S. The van der Waals surface area contributed by atoms with Crippen molar-refractivity contribution in [1.29, 1.82) is 0 Å². The van der Waals surface area contributed by atoms with E-state index in [-0.39, 0.29) is 23.4 Å². The summed E-state index contributed by atoms with van der Waals surface area (Å²) in [4.78, 5) is 27.7. The van der Waals surface area contributed by atoms with Crippen molar-refractivity contribution in [3.63, 3.8) is 0 Å². The average molecular weight is 376 g/mol. The van der Waals surface area contributed by atoms with Crippen molar-refractivity contribution in [1.82, 2.24) is 10.3 Å². The van der Waals surface area contributed by atoms with Crippen LogP contribution in [0.5, 0.6) is 5.75 Å². The summed E-state index contributed by atoms with van der Waals surface area (Å²) < 4.78 is 5.70. The smallest absolute Gasteiger partial charge is 0.347 e. The minimum Gasteiger partial charge on any atom is -0.483 e. The fourth-order valence-corrected chi connectivity index (χ4v) is 3.44. The third kappa shape index (κ3) is 4.82. The lowest BCUT2D eigenvalue weighted by atomic mass is 9.98. The second-order valence-electron chi connectivity index (χ2n) is 6.20. The predicted molar refractivity (Wildman–Crippen MR) is 101 cm³/mol. The van der Waals surface area contributed by atoms with Crippen molar-refractivity contribution < 1.29 is 19.4 Å². The molecular weight excluding hydrogens is 352 g/mol. The number of ether oxygens (including phenoxy) is 1. The molecule has 0 saturated carbocycles. The number of carbonyl (C=O) groups is 2. The standard InChI is InChI=1S/C19H24N2O4S/c1-5-11(2)14-8-6-7-9-15(14)25-10-16(22)20-13(4)18-21-12(3)17(26-18)19(23)24/h6-9,11,13H,5,10H2,1-4H3,(H,20,22)(H,23,24). The van der Waals surface area contributed by atoms with E-state index in [2.05, 4.69) is 24.1 Å². The summed E-state index contributed by atoms with van der Waals surface area (Å²) in [5.74, 6) is -0.222. The van der Waals surface area contributed by atoms with Crippen molar-refractivity contribution >= 4 is 23.2 Å². The van der Waals surface area contributed by atoms with Crippen LogP contribution in [0.2, 0.25) is 0 Å². The molecule has 2 unspecified atom stereocenters. The zero-order valence-corrected chi connectivity index (χ0v) is 16.2. The third-order valence-corrected chi connectivity index (χ3v) is 5.50. The van der Waals surface area contributed by atoms with Crippen molar-refractivity contribution in [2.75, 3.05) is 6.61 Å². The number of para-hydroxylation sites is 1. The zero-order chi connectivity index (χ0) is 19.3. The molecule has 0 aliphatic rings. The summed E-state index contributed by atoms with van der Waals surface area (Å²) in [6.07, 6.45) is 0.985. The Morgan fingerprint density at radius 2 is 2.00 bits per heavy atom. The molecule has 1 heterocycles. The third-order valence-electron chi connectivity index (χ3n) is 4.18. The number of carboxylic acids is 1. The van der Waals surface area contributed by atoms with Gasteiger partial charge in [-0.1, -0.05) is 32.0 Å². The Kier molecular flexibility index (Phi) is 6.74. The van der Waals surface area contributed by atoms with Crippen LogP contribution >= 0.6 is 11.3 Å². The first kappa shape index (κ1) is 19.9. The largest absolute Gasteiger partial charge is 0.483 e. The number of nitrogens with zero attached hydrogens (tertiary/aromatic N) is 1. The summed E-state index contributed by atoms with van der Waals surface area (Å²) in [6, 6.07) is 7.33. The van der Waals surface area contributed by atoms with Crippen molar-refractivity contribution in [2.24, 2.45) is 0 Å². The number of rotatable bonds is 8. The van der Waals surface area contributed by atoms with E-state index in [0.717, 1.165) is 23.3 Å².